The van der Waals surface area contributed by atoms with E-state index in [4.69, 9.17) is 0 Å². The van der Waals surface area contributed by atoms with Gasteiger partial charge in [0.05, 0.1) is 11.4 Å². The monoisotopic (exact) mass is 512 g/mol. The van der Waals surface area contributed by atoms with Gasteiger partial charge in [0.15, 0.2) is 0 Å². The number of rotatable bonds is 5. The van der Waals surface area contributed by atoms with Crippen LogP contribution in [-0.4, -0.2) is 84.9 Å². The predicted molar refractivity (Wildman–Crippen MR) is 147 cm³/mol. The van der Waals surface area contributed by atoms with Gasteiger partial charge in [-0.3, -0.25) is 19.4 Å². The molecule has 0 bridgehead atoms. The zero-order chi connectivity index (χ0) is 26.3. The Hall–Kier alpha value is -4.24. The van der Waals surface area contributed by atoms with Crippen molar-refractivity contribution < 1.29 is 14.4 Å². The van der Waals surface area contributed by atoms with E-state index < -0.39 is 0 Å². The van der Waals surface area contributed by atoms with Crippen LogP contribution < -0.4 is 15.5 Å². The summed E-state index contributed by atoms with van der Waals surface area (Å²) in [6, 6.07) is 18.0. The third-order valence-corrected chi connectivity index (χ3v) is 6.98. The summed E-state index contributed by atoms with van der Waals surface area (Å²) in [5.41, 5.74) is 3.14. The molecule has 2 aromatic carbocycles. The van der Waals surface area contributed by atoms with E-state index in [1.54, 1.807) is 42.7 Å². The Morgan fingerprint density at radius 2 is 1.42 bits per heavy atom. The van der Waals surface area contributed by atoms with Crippen LogP contribution in [0.3, 0.4) is 0 Å². The SMILES string of the molecule is O=C(Nc1cc(C(=O)N2CCNCC2)ccc1N1CCCN(C(=O)c2ccncc2)CC1)c1ccccc1. The molecule has 2 aliphatic heterocycles. The molecule has 0 atom stereocenters. The largest absolute Gasteiger partial charge is 0.368 e. The summed E-state index contributed by atoms with van der Waals surface area (Å²) < 4.78 is 0. The van der Waals surface area contributed by atoms with E-state index in [1.807, 2.05) is 40.1 Å². The molecule has 3 amide bonds. The molecule has 1 aromatic heterocycles. The van der Waals surface area contributed by atoms with E-state index >= 15 is 0 Å². The quantitative estimate of drug-likeness (QED) is 0.546. The number of carbonyl (C=O) groups is 3. The van der Waals surface area contributed by atoms with E-state index in [2.05, 4.69) is 20.5 Å². The van der Waals surface area contributed by atoms with Gasteiger partial charge in [-0.15, -0.1) is 0 Å². The lowest BCUT2D eigenvalue weighted by atomic mass is 10.1. The van der Waals surface area contributed by atoms with Gasteiger partial charge < -0.3 is 25.3 Å². The zero-order valence-electron chi connectivity index (χ0n) is 21.3. The summed E-state index contributed by atoms with van der Waals surface area (Å²) in [7, 11) is 0. The van der Waals surface area contributed by atoms with Crippen LogP contribution in [-0.2, 0) is 0 Å². The molecule has 5 rings (SSSR count). The number of anilines is 2. The van der Waals surface area contributed by atoms with Crippen molar-refractivity contribution >= 4 is 29.1 Å². The summed E-state index contributed by atoms with van der Waals surface area (Å²) >= 11 is 0. The lowest BCUT2D eigenvalue weighted by molar-refractivity contribution is 0.0734. The van der Waals surface area contributed by atoms with E-state index in [9.17, 15) is 14.4 Å². The van der Waals surface area contributed by atoms with Gasteiger partial charge in [0, 0.05) is 81.4 Å². The molecule has 2 N–H and O–H groups in total. The molecular formula is C29H32N6O3. The molecule has 196 valence electrons. The molecule has 2 aliphatic rings. The van der Waals surface area contributed by atoms with Crippen LogP contribution in [0, 0.1) is 0 Å². The van der Waals surface area contributed by atoms with Gasteiger partial charge in [-0.1, -0.05) is 18.2 Å². The molecule has 3 aromatic rings. The van der Waals surface area contributed by atoms with E-state index in [-0.39, 0.29) is 17.7 Å². The van der Waals surface area contributed by atoms with E-state index in [0.29, 0.717) is 55.1 Å². The van der Waals surface area contributed by atoms with Crippen molar-refractivity contribution in [1.29, 1.82) is 0 Å². The lowest BCUT2D eigenvalue weighted by Gasteiger charge is -2.29. The topological polar surface area (TPSA) is 97.9 Å². The Morgan fingerprint density at radius 1 is 0.711 bits per heavy atom. The third kappa shape index (κ3) is 5.84. The average Bonchev–Trinajstić information content (AvgIpc) is 3.24. The first-order valence-electron chi connectivity index (χ1n) is 13.0. The van der Waals surface area contributed by atoms with Crippen LogP contribution in [0.25, 0.3) is 0 Å². The molecule has 38 heavy (non-hydrogen) atoms. The summed E-state index contributed by atoms with van der Waals surface area (Å²) in [4.78, 5) is 49.2. The smallest absolute Gasteiger partial charge is 0.255 e. The fraction of sp³-hybridized carbons (Fsp3) is 0.310. The Morgan fingerprint density at radius 3 is 2.18 bits per heavy atom. The van der Waals surface area contributed by atoms with Crippen LogP contribution in [0.1, 0.15) is 37.5 Å². The maximum atomic E-state index is 13.2. The minimum atomic E-state index is -0.233. The van der Waals surface area contributed by atoms with Crippen molar-refractivity contribution in [3.8, 4) is 0 Å². The molecule has 0 saturated carbocycles. The highest BCUT2D eigenvalue weighted by Gasteiger charge is 2.24. The molecule has 9 nitrogen and oxygen atoms in total. The van der Waals surface area contributed by atoms with Crippen molar-refractivity contribution in [3.05, 3.63) is 89.7 Å². The molecule has 2 fully saturated rings. The Balaban J connectivity index is 1.39. The molecule has 0 unspecified atom stereocenters. The minimum Gasteiger partial charge on any atom is -0.368 e. The number of nitrogens with zero attached hydrogens (tertiary/aromatic N) is 4. The summed E-state index contributed by atoms with van der Waals surface area (Å²) in [5.74, 6) is -0.287. The van der Waals surface area contributed by atoms with Crippen LogP contribution in [0.4, 0.5) is 11.4 Å². The normalized spacial score (nSPS) is 16.1. The maximum Gasteiger partial charge on any atom is 0.255 e. The highest BCUT2D eigenvalue weighted by molar-refractivity contribution is 6.07. The molecular weight excluding hydrogens is 480 g/mol. The number of benzene rings is 2. The second-order valence-corrected chi connectivity index (χ2v) is 9.46. The Kier molecular flexibility index (Phi) is 7.94. The van der Waals surface area contributed by atoms with Gasteiger partial charge in [-0.25, -0.2) is 0 Å². The summed E-state index contributed by atoms with van der Waals surface area (Å²) in [5, 5.41) is 6.32. The lowest BCUT2D eigenvalue weighted by Crippen LogP contribution is -2.46. The van der Waals surface area contributed by atoms with E-state index in [0.717, 1.165) is 31.7 Å². The number of pyridine rings is 1. The maximum absolute atomic E-state index is 13.2. The zero-order valence-corrected chi connectivity index (χ0v) is 21.3. The molecule has 0 aliphatic carbocycles. The fourth-order valence-electron chi connectivity index (χ4n) is 4.92. The minimum absolute atomic E-state index is 0.0104. The molecule has 9 heteroatoms. The molecule has 3 heterocycles. The van der Waals surface area contributed by atoms with Crippen LogP contribution in [0.2, 0.25) is 0 Å². The standard InChI is InChI=1S/C29H32N6O3/c36-27(22-5-2-1-3-6-22)32-25-21-24(29(38)35-17-13-31-14-18-35)7-8-26(25)33-15-4-16-34(20-19-33)28(37)23-9-11-30-12-10-23/h1-3,5-12,21,31H,4,13-20H2,(H,32,36). The first kappa shape index (κ1) is 25.4. The second kappa shape index (κ2) is 11.9. The van der Waals surface area contributed by atoms with Gasteiger partial charge >= 0.3 is 0 Å². The number of hydrogen-bond acceptors (Lipinski definition) is 6. The number of amides is 3. The van der Waals surface area contributed by atoms with Crippen molar-refractivity contribution in [3.63, 3.8) is 0 Å². The third-order valence-electron chi connectivity index (χ3n) is 6.98. The van der Waals surface area contributed by atoms with Crippen molar-refractivity contribution in [2.75, 3.05) is 62.6 Å². The van der Waals surface area contributed by atoms with Gasteiger partial charge in [0.2, 0.25) is 0 Å². The van der Waals surface area contributed by atoms with Crippen LogP contribution in [0.15, 0.2) is 73.1 Å². The highest BCUT2D eigenvalue weighted by atomic mass is 16.2. The van der Waals surface area contributed by atoms with Crippen LogP contribution in [0.5, 0.6) is 0 Å². The van der Waals surface area contributed by atoms with Gasteiger partial charge in [-0.05, 0) is 48.9 Å². The Bertz CT molecular complexity index is 1280. The number of carbonyl (C=O) groups excluding carboxylic acids is 3. The summed E-state index contributed by atoms with van der Waals surface area (Å²) in [6.07, 6.45) is 4.04. The van der Waals surface area contributed by atoms with Gasteiger partial charge in [-0.2, -0.15) is 0 Å². The Labute approximate surface area is 222 Å². The first-order valence-corrected chi connectivity index (χ1v) is 13.0. The number of hydrogen-bond donors (Lipinski definition) is 2. The number of aromatic nitrogens is 1. The van der Waals surface area contributed by atoms with Crippen molar-refractivity contribution in [2.45, 2.75) is 6.42 Å². The number of nitrogens with one attached hydrogen (secondary N) is 2. The van der Waals surface area contributed by atoms with Crippen molar-refractivity contribution in [1.82, 2.24) is 20.1 Å². The van der Waals surface area contributed by atoms with Gasteiger partial charge in [0.25, 0.3) is 17.7 Å². The molecule has 0 spiro atoms. The molecule has 0 radical (unpaired) electrons. The summed E-state index contributed by atoms with van der Waals surface area (Å²) in [6.45, 7) is 5.36. The highest BCUT2D eigenvalue weighted by Crippen LogP contribution is 2.30. The van der Waals surface area contributed by atoms with Crippen LogP contribution >= 0.6 is 0 Å². The second-order valence-electron chi connectivity index (χ2n) is 9.46. The number of piperazine rings is 1. The average molecular weight is 513 g/mol. The molecule has 2 saturated heterocycles. The van der Waals surface area contributed by atoms with Crippen molar-refractivity contribution in [2.24, 2.45) is 0 Å². The fourth-order valence-corrected chi connectivity index (χ4v) is 4.92. The van der Waals surface area contributed by atoms with E-state index in [1.165, 1.54) is 0 Å². The predicted octanol–water partition coefficient (Wildman–Crippen LogP) is 2.73. The first-order chi connectivity index (χ1) is 18.6. The van der Waals surface area contributed by atoms with Gasteiger partial charge in [0.1, 0.15) is 0 Å².